The number of benzene rings is 2. The van der Waals surface area contributed by atoms with E-state index in [-0.39, 0.29) is 6.04 Å². The van der Waals surface area contributed by atoms with E-state index >= 15 is 0 Å². The van der Waals surface area contributed by atoms with Crippen LogP contribution in [-0.2, 0) is 6.42 Å². The predicted octanol–water partition coefficient (Wildman–Crippen LogP) is 5.07. The summed E-state index contributed by atoms with van der Waals surface area (Å²) in [6, 6.07) is 12.7. The van der Waals surface area contributed by atoms with E-state index in [2.05, 4.69) is 82.1 Å². The Bertz CT molecular complexity index is 593. The largest absolute Gasteiger partial charge is 0.324 e. The molecule has 3 heteroatoms. The molecule has 0 amide bonds. The van der Waals surface area contributed by atoms with Gasteiger partial charge < -0.3 is 5.73 Å². The molecule has 1 nitrogen and oxygen atoms in total. The summed E-state index contributed by atoms with van der Waals surface area (Å²) < 4.78 is 2.18. The van der Waals surface area contributed by atoms with Gasteiger partial charge in [0.05, 0.1) is 0 Å². The van der Waals surface area contributed by atoms with Crippen LogP contribution in [0.5, 0.6) is 0 Å². The SMILES string of the molecule is Cc1cccc(CC(N)c2cc(Br)c(C)cc2Br)c1. The van der Waals surface area contributed by atoms with Crippen LogP contribution in [0.15, 0.2) is 45.3 Å². The summed E-state index contributed by atoms with van der Waals surface area (Å²) in [5.74, 6) is 0. The van der Waals surface area contributed by atoms with Gasteiger partial charge in [0.2, 0.25) is 0 Å². The van der Waals surface area contributed by atoms with E-state index in [4.69, 9.17) is 5.73 Å². The number of nitrogens with two attached hydrogens (primary N) is 1. The van der Waals surface area contributed by atoms with Gasteiger partial charge in [0.15, 0.2) is 0 Å². The topological polar surface area (TPSA) is 26.0 Å². The van der Waals surface area contributed by atoms with Crippen LogP contribution in [0.25, 0.3) is 0 Å². The van der Waals surface area contributed by atoms with Crippen molar-refractivity contribution in [3.63, 3.8) is 0 Å². The Morgan fingerprint density at radius 2 is 1.79 bits per heavy atom. The fraction of sp³-hybridized carbons (Fsp3) is 0.250. The highest BCUT2D eigenvalue weighted by molar-refractivity contribution is 9.11. The molecule has 100 valence electrons. The third-order valence-electron chi connectivity index (χ3n) is 3.22. The van der Waals surface area contributed by atoms with Crippen LogP contribution in [0.2, 0.25) is 0 Å². The third kappa shape index (κ3) is 3.68. The van der Waals surface area contributed by atoms with Crippen LogP contribution in [0.1, 0.15) is 28.3 Å². The van der Waals surface area contributed by atoms with Gasteiger partial charge in [-0.05, 0) is 49.1 Å². The monoisotopic (exact) mass is 381 g/mol. The maximum Gasteiger partial charge on any atom is 0.0347 e. The molecular weight excluding hydrogens is 366 g/mol. The Morgan fingerprint density at radius 1 is 1.05 bits per heavy atom. The summed E-state index contributed by atoms with van der Waals surface area (Å²) >= 11 is 7.18. The molecule has 2 aromatic carbocycles. The summed E-state index contributed by atoms with van der Waals surface area (Å²) in [5, 5.41) is 0. The van der Waals surface area contributed by atoms with Gasteiger partial charge in [-0.25, -0.2) is 0 Å². The summed E-state index contributed by atoms with van der Waals surface area (Å²) in [6.45, 7) is 4.18. The molecule has 1 atom stereocenters. The number of aryl methyl sites for hydroxylation is 2. The average molecular weight is 383 g/mol. The van der Waals surface area contributed by atoms with Crippen molar-refractivity contribution < 1.29 is 0 Å². The minimum absolute atomic E-state index is 0.00641. The molecule has 0 aliphatic rings. The molecular formula is C16H17Br2N. The van der Waals surface area contributed by atoms with E-state index in [1.54, 1.807) is 0 Å². The lowest BCUT2D eigenvalue weighted by atomic mass is 9.98. The van der Waals surface area contributed by atoms with E-state index in [0.29, 0.717) is 0 Å². The van der Waals surface area contributed by atoms with Gasteiger partial charge in [-0.15, -0.1) is 0 Å². The van der Waals surface area contributed by atoms with Crippen LogP contribution in [0, 0.1) is 13.8 Å². The predicted molar refractivity (Wildman–Crippen MR) is 88.4 cm³/mol. The summed E-state index contributed by atoms with van der Waals surface area (Å²) in [7, 11) is 0. The van der Waals surface area contributed by atoms with E-state index in [1.165, 1.54) is 16.7 Å². The molecule has 19 heavy (non-hydrogen) atoms. The van der Waals surface area contributed by atoms with Crippen LogP contribution in [-0.4, -0.2) is 0 Å². The fourth-order valence-corrected chi connectivity index (χ4v) is 3.26. The summed E-state index contributed by atoms with van der Waals surface area (Å²) in [6.07, 6.45) is 0.843. The first-order chi connectivity index (χ1) is 8.97. The molecule has 0 aliphatic heterocycles. The molecule has 2 rings (SSSR count). The number of halogens is 2. The van der Waals surface area contributed by atoms with E-state index in [9.17, 15) is 0 Å². The van der Waals surface area contributed by atoms with Crippen molar-refractivity contribution in [1.29, 1.82) is 0 Å². The van der Waals surface area contributed by atoms with E-state index < -0.39 is 0 Å². The molecule has 1 unspecified atom stereocenters. The third-order valence-corrected chi connectivity index (χ3v) is 4.76. The minimum atomic E-state index is -0.00641. The smallest absolute Gasteiger partial charge is 0.0347 e. The van der Waals surface area contributed by atoms with Crippen LogP contribution in [0.3, 0.4) is 0 Å². The lowest BCUT2D eigenvalue weighted by Gasteiger charge is -2.16. The molecule has 0 aromatic heterocycles. The molecule has 0 bridgehead atoms. The fourth-order valence-electron chi connectivity index (χ4n) is 2.15. The van der Waals surface area contributed by atoms with E-state index in [0.717, 1.165) is 20.9 Å². The van der Waals surface area contributed by atoms with Gasteiger partial charge in [0.1, 0.15) is 0 Å². The van der Waals surface area contributed by atoms with Gasteiger partial charge in [-0.3, -0.25) is 0 Å². The Morgan fingerprint density at radius 3 is 2.47 bits per heavy atom. The maximum absolute atomic E-state index is 6.35. The highest BCUT2D eigenvalue weighted by atomic mass is 79.9. The van der Waals surface area contributed by atoms with Gasteiger partial charge >= 0.3 is 0 Å². The molecule has 0 radical (unpaired) electrons. The zero-order chi connectivity index (χ0) is 14.0. The molecule has 0 saturated heterocycles. The molecule has 0 heterocycles. The standard InChI is InChI=1S/C16H17Br2N/c1-10-4-3-5-12(6-10)8-16(19)13-9-14(17)11(2)7-15(13)18/h3-7,9,16H,8,19H2,1-2H3. The molecule has 0 spiro atoms. The Kier molecular flexibility index (Phi) is 4.82. The first-order valence-corrected chi connectivity index (χ1v) is 7.82. The van der Waals surface area contributed by atoms with Crippen molar-refractivity contribution in [2.24, 2.45) is 5.73 Å². The van der Waals surface area contributed by atoms with Gasteiger partial charge in [0.25, 0.3) is 0 Å². The average Bonchev–Trinajstić information content (AvgIpc) is 2.33. The quantitative estimate of drug-likeness (QED) is 0.787. The van der Waals surface area contributed by atoms with E-state index in [1.807, 2.05) is 0 Å². The zero-order valence-corrected chi connectivity index (χ0v) is 14.3. The normalized spacial score (nSPS) is 12.5. The van der Waals surface area contributed by atoms with Crippen molar-refractivity contribution in [3.8, 4) is 0 Å². The van der Waals surface area contributed by atoms with Crippen LogP contribution >= 0.6 is 31.9 Å². The highest BCUT2D eigenvalue weighted by Gasteiger charge is 2.12. The number of hydrogen-bond donors (Lipinski definition) is 1. The van der Waals surface area contributed by atoms with Crippen molar-refractivity contribution in [2.75, 3.05) is 0 Å². The van der Waals surface area contributed by atoms with Crippen molar-refractivity contribution in [2.45, 2.75) is 26.3 Å². The minimum Gasteiger partial charge on any atom is -0.324 e. The molecule has 0 aliphatic carbocycles. The second-order valence-electron chi connectivity index (χ2n) is 4.92. The zero-order valence-electron chi connectivity index (χ0n) is 11.1. The molecule has 0 fully saturated rings. The van der Waals surface area contributed by atoms with Gasteiger partial charge in [0, 0.05) is 15.0 Å². The second kappa shape index (κ2) is 6.21. The first kappa shape index (κ1) is 14.8. The first-order valence-electron chi connectivity index (χ1n) is 6.24. The van der Waals surface area contributed by atoms with Crippen LogP contribution in [0.4, 0.5) is 0 Å². The summed E-state index contributed by atoms with van der Waals surface area (Å²) in [5.41, 5.74) is 11.2. The van der Waals surface area contributed by atoms with Gasteiger partial charge in [-0.1, -0.05) is 61.7 Å². The lowest BCUT2D eigenvalue weighted by molar-refractivity contribution is 0.717. The summed E-state index contributed by atoms with van der Waals surface area (Å²) in [4.78, 5) is 0. The lowest BCUT2D eigenvalue weighted by Crippen LogP contribution is -2.14. The number of rotatable bonds is 3. The Hall–Kier alpha value is -0.640. The van der Waals surface area contributed by atoms with Crippen molar-refractivity contribution in [1.82, 2.24) is 0 Å². The molecule has 0 saturated carbocycles. The second-order valence-corrected chi connectivity index (χ2v) is 6.63. The van der Waals surface area contributed by atoms with Crippen LogP contribution < -0.4 is 5.73 Å². The molecule has 2 N–H and O–H groups in total. The maximum atomic E-state index is 6.35. The highest BCUT2D eigenvalue weighted by Crippen LogP contribution is 2.30. The Labute approximate surface area is 131 Å². The Balaban J connectivity index is 2.25. The number of hydrogen-bond acceptors (Lipinski definition) is 1. The molecule has 2 aromatic rings. The van der Waals surface area contributed by atoms with Crippen molar-refractivity contribution in [3.05, 3.63) is 67.6 Å². The van der Waals surface area contributed by atoms with Gasteiger partial charge in [-0.2, -0.15) is 0 Å². The van der Waals surface area contributed by atoms with Crippen molar-refractivity contribution >= 4 is 31.9 Å².